The fraction of sp³-hybridized carbons (Fsp3) is 0.409. The maximum atomic E-state index is 12.9. The summed E-state index contributed by atoms with van der Waals surface area (Å²) in [7, 11) is -3.68. The highest BCUT2D eigenvalue weighted by Crippen LogP contribution is 2.30. The Kier molecular flexibility index (Phi) is 8.27. The largest absolute Gasteiger partial charge is 0.494 e. The summed E-state index contributed by atoms with van der Waals surface area (Å²) in [4.78, 5) is 12.6. The Morgan fingerprint density at radius 2 is 1.84 bits per heavy atom. The van der Waals surface area contributed by atoms with Crippen LogP contribution in [0.3, 0.4) is 0 Å². The van der Waals surface area contributed by atoms with Crippen LogP contribution in [0.4, 0.5) is 5.69 Å². The Hall–Kier alpha value is -2.62. The number of benzene rings is 2. The monoisotopic (exact) mass is 448 g/mol. The highest BCUT2D eigenvalue weighted by molar-refractivity contribution is 7.89. The van der Waals surface area contributed by atoms with E-state index in [2.05, 4.69) is 5.32 Å². The first-order chi connectivity index (χ1) is 15.0. The molecule has 0 atom stereocenters. The predicted octanol–water partition coefficient (Wildman–Crippen LogP) is 2.90. The van der Waals surface area contributed by atoms with Crippen LogP contribution in [-0.4, -0.2) is 58.1 Å². The van der Waals surface area contributed by atoms with Gasteiger partial charge in [0.25, 0.3) is 0 Å². The topological polar surface area (TPSA) is 94.2 Å². The van der Waals surface area contributed by atoms with Crippen molar-refractivity contribution in [3.8, 4) is 11.5 Å². The van der Waals surface area contributed by atoms with Gasteiger partial charge in [-0.3, -0.25) is 4.79 Å². The number of rotatable bonds is 10. The smallest absolute Gasteiger partial charge is 0.243 e. The van der Waals surface area contributed by atoms with Crippen LogP contribution < -0.4 is 14.8 Å². The lowest BCUT2D eigenvalue weighted by molar-refractivity contribution is -0.116. The molecule has 31 heavy (non-hydrogen) atoms. The molecule has 0 aliphatic carbocycles. The third-order valence-corrected chi connectivity index (χ3v) is 6.59. The molecule has 1 fully saturated rings. The standard InChI is InChI=1S/C22H28N2O6S/c1-2-29-21-11-10-19(31(26,27)24-12-15-28-16-13-24)17-20(21)23-22(25)9-6-14-30-18-7-4-3-5-8-18/h3-5,7-8,10-11,17H,2,6,9,12-16H2,1H3,(H,23,25). The Balaban J connectivity index is 1.64. The second kappa shape index (κ2) is 11.1. The number of nitrogens with zero attached hydrogens (tertiary/aromatic N) is 1. The summed E-state index contributed by atoms with van der Waals surface area (Å²) in [5.74, 6) is 0.943. The molecule has 0 radical (unpaired) electrons. The van der Waals surface area contributed by atoms with Crippen LogP contribution >= 0.6 is 0 Å². The van der Waals surface area contributed by atoms with Crippen molar-refractivity contribution in [2.45, 2.75) is 24.7 Å². The number of carbonyl (C=O) groups is 1. The second-order valence-electron chi connectivity index (χ2n) is 6.92. The van der Waals surface area contributed by atoms with E-state index in [9.17, 15) is 13.2 Å². The van der Waals surface area contributed by atoms with Gasteiger partial charge in [-0.15, -0.1) is 0 Å². The van der Waals surface area contributed by atoms with Crippen molar-refractivity contribution < 1.29 is 27.4 Å². The SMILES string of the molecule is CCOc1ccc(S(=O)(=O)N2CCOCC2)cc1NC(=O)CCCOc1ccccc1. The minimum absolute atomic E-state index is 0.112. The fourth-order valence-corrected chi connectivity index (χ4v) is 4.57. The number of nitrogens with one attached hydrogen (secondary N) is 1. The lowest BCUT2D eigenvalue weighted by Gasteiger charge is -2.26. The zero-order chi connectivity index (χ0) is 22.1. The van der Waals surface area contributed by atoms with Gasteiger partial charge < -0.3 is 19.5 Å². The highest BCUT2D eigenvalue weighted by atomic mass is 32.2. The second-order valence-corrected chi connectivity index (χ2v) is 8.86. The van der Waals surface area contributed by atoms with Crippen molar-refractivity contribution in [1.29, 1.82) is 0 Å². The van der Waals surface area contributed by atoms with Gasteiger partial charge in [0.2, 0.25) is 15.9 Å². The maximum absolute atomic E-state index is 12.9. The van der Waals surface area contributed by atoms with E-state index in [1.54, 1.807) is 6.07 Å². The van der Waals surface area contributed by atoms with E-state index in [1.165, 1.54) is 16.4 Å². The number of hydrogen-bond donors (Lipinski definition) is 1. The molecule has 0 bridgehead atoms. The molecule has 1 amide bonds. The van der Waals surface area contributed by atoms with E-state index >= 15 is 0 Å². The zero-order valence-corrected chi connectivity index (χ0v) is 18.4. The third-order valence-electron chi connectivity index (χ3n) is 4.69. The third kappa shape index (κ3) is 6.43. The van der Waals surface area contributed by atoms with E-state index < -0.39 is 10.0 Å². The van der Waals surface area contributed by atoms with Crippen LogP contribution in [-0.2, 0) is 19.6 Å². The van der Waals surface area contributed by atoms with E-state index in [-0.39, 0.29) is 17.2 Å². The van der Waals surface area contributed by atoms with Crippen LogP contribution in [0.25, 0.3) is 0 Å². The normalized spacial score (nSPS) is 14.7. The molecule has 1 aliphatic heterocycles. The van der Waals surface area contributed by atoms with Gasteiger partial charge in [-0.2, -0.15) is 4.31 Å². The fourth-order valence-electron chi connectivity index (χ4n) is 3.14. The molecule has 1 aliphatic rings. The van der Waals surface area contributed by atoms with E-state index in [0.29, 0.717) is 57.4 Å². The van der Waals surface area contributed by atoms with Crippen molar-refractivity contribution in [2.24, 2.45) is 0 Å². The molecule has 0 unspecified atom stereocenters. The van der Waals surface area contributed by atoms with Gasteiger partial charge in [-0.05, 0) is 43.7 Å². The van der Waals surface area contributed by atoms with Gasteiger partial charge in [0, 0.05) is 19.5 Å². The molecule has 9 heteroatoms. The van der Waals surface area contributed by atoms with Crippen LogP contribution in [0.2, 0.25) is 0 Å². The van der Waals surface area contributed by atoms with Gasteiger partial charge in [0.1, 0.15) is 11.5 Å². The summed E-state index contributed by atoms with van der Waals surface area (Å²) in [6, 6.07) is 13.9. The average Bonchev–Trinajstić information content (AvgIpc) is 2.79. The van der Waals surface area contributed by atoms with Crippen molar-refractivity contribution in [1.82, 2.24) is 4.31 Å². The van der Waals surface area contributed by atoms with Gasteiger partial charge in [0.05, 0.1) is 37.0 Å². The molecule has 0 aromatic heterocycles. The predicted molar refractivity (Wildman–Crippen MR) is 117 cm³/mol. The van der Waals surface area contributed by atoms with Crippen LogP contribution in [0.15, 0.2) is 53.4 Å². The van der Waals surface area contributed by atoms with Crippen molar-refractivity contribution in [2.75, 3.05) is 44.8 Å². The molecule has 3 rings (SSSR count). The zero-order valence-electron chi connectivity index (χ0n) is 17.6. The molecule has 8 nitrogen and oxygen atoms in total. The number of anilines is 1. The highest BCUT2D eigenvalue weighted by Gasteiger charge is 2.27. The molecule has 1 N–H and O–H groups in total. The van der Waals surface area contributed by atoms with Crippen LogP contribution in [0.5, 0.6) is 11.5 Å². The van der Waals surface area contributed by atoms with Crippen LogP contribution in [0, 0.1) is 0 Å². The summed E-state index contributed by atoms with van der Waals surface area (Å²) < 4.78 is 43.7. The van der Waals surface area contributed by atoms with Gasteiger partial charge in [-0.1, -0.05) is 18.2 Å². The molecule has 1 saturated heterocycles. The first-order valence-corrected chi connectivity index (χ1v) is 11.8. The van der Waals surface area contributed by atoms with Crippen molar-refractivity contribution in [3.63, 3.8) is 0 Å². The molecule has 168 valence electrons. The summed E-state index contributed by atoms with van der Waals surface area (Å²) in [5.41, 5.74) is 0.338. The van der Waals surface area contributed by atoms with Gasteiger partial charge in [0.15, 0.2) is 0 Å². The lowest BCUT2D eigenvalue weighted by Crippen LogP contribution is -2.40. The van der Waals surface area contributed by atoms with E-state index in [4.69, 9.17) is 14.2 Å². The molecule has 1 heterocycles. The van der Waals surface area contributed by atoms with Crippen molar-refractivity contribution in [3.05, 3.63) is 48.5 Å². The number of carbonyl (C=O) groups excluding carboxylic acids is 1. The Bertz CT molecular complexity index is 959. The summed E-state index contributed by atoms with van der Waals surface area (Å²) in [6.45, 7) is 3.96. The van der Waals surface area contributed by atoms with Crippen LogP contribution in [0.1, 0.15) is 19.8 Å². The Morgan fingerprint density at radius 1 is 1.10 bits per heavy atom. The quantitative estimate of drug-likeness (QED) is 0.562. The summed E-state index contributed by atoms with van der Waals surface area (Å²) >= 11 is 0. The maximum Gasteiger partial charge on any atom is 0.243 e. The lowest BCUT2D eigenvalue weighted by atomic mass is 10.2. The molecular formula is C22H28N2O6S. The Labute approximate surface area is 183 Å². The van der Waals surface area contributed by atoms with Gasteiger partial charge in [-0.25, -0.2) is 8.42 Å². The summed E-state index contributed by atoms with van der Waals surface area (Å²) in [5, 5.41) is 2.78. The molecule has 0 spiro atoms. The summed E-state index contributed by atoms with van der Waals surface area (Å²) in [6.07, 6.45) is 0.759. The number of para-hydroxylation sites is 1. The minimum Gasteiger partial charge on any atom is -0.494 e. The number of sulfonamides is 1. The van der Waals surface area contributed by atoms with Crippen molar-refractivity contribution >= 4 is 21.6 Å². The van der Waals surface area contributed by atoms with E-state index in [0.717, 1.165) is 5.75 Å². The Morgan fingerprint density at radius 3 is 2.55 bits per heavy atom. The number of ether oxygens (including phenoxy) is 3. The first-order valence-electron chi connectivity index (χ1n) is 10.3. The average molecular weight is 449 g/mol. The van der Waals surface area contributed by atoms with E-state index in [1.807, 2.05) is 37.3 Å². The molecule has 2 aromatic carbocycles. The number of hydrogen-bond acceptors (Lipinski definition) is 6. The number of amides is 1. The molecular weight excluding hydrogens is 420 g/mol. The molecule has 0 saturated carbocycles. The van der Waals surface area contributed by atoms with Gasteiger partial charge >= 0.3 is 0 Å². The molecule has 2 aromatic rings. The minimum atomic E-state index is -3.68. The first kappa shape index (κ1) is 23.1. The number of morpholine rings is 1.